The molecule has 0 atom stereocenters. The largest absolute Gasteiger partial charge is 0.384 e. The molecule has 0 aliphatic carbocycles. The third-order valence-corrected chi connectivity index (χ3v) is 3.75. The van der Waals surface area contributed by atoms with Crippen LogP contribution in [0.1, 0.15) is 30.6 Å². The monoisotopic (exact) mass is 296 g/mol. The Bertz CT molecular complexity index is 828. The van der Waals surface area contributed by atoms with Crippen LogP contribution in [-0.2, 0) is 7.05 Å². The van der Waals surface area contributed by atoms with Gasteiger partial charge in [0.2, 0.25) is 0 Å². The van der Waals surface area contributed by atoms with Gasteiger partial charge < -0.3 is 14.9 Å². The van der Waals surface area contributed by atoms with E-state index >= 15 is 0 Å². The number of ketones is 1. The molecule has 0 amide bonds. The van der Waals surface area contributed by atoms with Crippen molar-refractivity contribution in [2.24, 2.45) is 7.05 Å². The molecule has 22 heavy (non-hydrogen) atoms. The van der Waals surface area contributed by atoms with Crippen molar-refractivity contribution in [3.05, 3.63) is 36.0 Å². The lowest BCUT2D eigenvalue weighted by atomic mass is 10.1. The number of H-pyrrole nitrogens is 1. The first-order valence-electron chi connectivity index (χ1n) is 7.56. The summed E-state index contributed by atoms with van der Waals surface area (Å²) in [6, 6.07) is 7.69. The molecule has 1 aromatic carbocycles. The molecule has 2 heterocycles. The number of anilines is 1. The second-order valence-corrected chi connectivity index (χ2v) is 5.35. The normalized spacial score (nSPS) is 11.0. The molecule has 0 aliphatic heterocycles. The second-order valence-electron chi connectivity index (χ2n) is 5.35. The maximum absolute atomic E-state index is 11.8. The molecular weight excluding hydrogens is 276 g/mol. The number of hydrogen-bond donors (Lipinski definition) is 2. The van der Waals surface area contributed by atoms with Gasteiger partial charge in [-0.3, -0.25) is 4.79 Å². The Hall–Kier alpha value is -2.56. The van der Waals surface area contributed by atoms with Gasteiger partial charge in [0.05, 0.1) is 22.4 Å². The third kappa shape index (κ3) is 2.50. The number of rotatable bonds is 5. The first-order chi connectivity index (χ1) is 10.6. The molecule has 0 saturated carbocycles. The van der Waals surface area contributed by atoms with Crippen LogP contribution in [0.3, 0.4) is 0 Å². The lowest BCUT2D eigenvalue weighted by Crippen LogP contribution is -1.95. The Kier molecular flexibility index (Phi) is 3.71. The Morgan fingerprint density at radius 1 is 1.32 bits per heavy atom. The maximum atomic E-state index is 11.8. The fraction of sp³-hybridized carbons (Fsp3) is 0.294. The van der Waals surface area contributed by atoms with Gasteiger partial charge in [-0.15, -0.1) is 0 Å². The number of aromatic amines is 1. The second kappa shape index (κ2) is 5.67. The van der Waals surface area contributed by atoms with Crippen LogP contribution in [0.25, 0.3) is 22.6 Å². The molecule has 114 valence electrons. The SMILES string of the molecule is CCNc1cc(-c2nc3ccc(C(=O)CC)cc3[nH]2)n(C)c1. The molecule has 0 spiro atoms. The van der Waals surface area contributed by atoms with Gasteiger partial charge in [0.1, 0.15) is 0 Å². The number of aryl methyl sites for hydroxylation is 1. The van der Waals surface area contributed by atoms with E-state index in [-0.39, 0.29) is 5.78 Å². The number of Topliss-reactive ketones (excluding diaryl/α,β-unsaturated/α-hetero) is 1. The van der Waals surface area contributed by atoms with Gasteiger partial charge in [0, 0.05) is 31.8 Å². The van der Waals surface area contributed by atoms with Crippen LogP contribution in [-0.4, -0.2) is 26.9 Å². The molecule has 5 nitrogen and oxygen atoms in total. The molecule has 0 aliphatic rings. The summed E-state index contributed by atoms with van der Waals surface area (Å²) in [4.78, 5) is 19.8. The minimum absolute atomic E-state index is 0.145. The molecule has 0 fully saturated rings. The number of carbonyl (C=O) groups excluding carboxylic acids is 1. The smallest absolute Gasteiger partial charge is 0.162 e. The van der Waals surface area contributed by atoms with Crippen LogP contribution in [0.2, 0.25) is 0 Å². The minimum atomic E-state index is 0.145. The van der Waals surface area contributed by atoms with Crippen molar-refractivity contribution in [3.63, 3.8) is 0 Å². The number of nitrogens with zero attached hydrogens (tertiary/aromatic N) is 2. The topological polar surface area (TPSA) is 62.7 Å². The highest BCUT2D eigenvalue weighted by molar-refractivity contribution is 5.99. The predicted octanol–water partition coefficient (Wildman–Crippen LogP) is 3.59. The van der Waals surface area contributed by atoms with Gasteiger partial charge in [0.15, 0.2) is 11.6 Å². The van der Waals surface area contributed by atoms with Crippen LogP contribution < -0.4 is 5.32 Å². The number of carbonyl (C=O) groups is 1. The summed E-state index contributed by atoms with van der Waals surface area (Å²) in [6.07, 6.45) is 2.55. The average molecular weight is 296 g/mol. The van der Waals surface area contributed by atoms with Gasteiger partial charge in [-0.2, -0.15) is 0 Å². The van der Waals surface area contributed by atoms with Crippen molar-refractivity contribution in [3.8, 4) is 11.5 Å². The highest BCUT2D eigenvalue weighted by Crippen LogP contribution is 2.25. The number of benzene rings is 1. The van der Waals surface area contributed by atoms with Gasteiger partial charge in [-0.25, -0.2) is 4.98 Å². The zero-order valence-corrected chi connectivity index (χ0v) is 13.1. The fourth-order valence-corrected chi connectivity index (χ4v) is 2.61. The van der Waals surface area contributed by atoms with Gasteiger partial charge in [0.25, 0.3) is 0 Å². The summed E-state index contributed by atoms with van der Waals surface area (Å²) in [5.74, 6) is 0.953. The van der Waals surface area contributed by atoms with E-state index in [9.17, 15) is 4.79 Å². The summed E-state index contributed by atoms with van der Waals surface area (Å²) < 4.78 is 2.04. The van der Waals surface area contributed by atoms with Crippen molar-refractivity contribution in [1.82, 2.24) is 14.5 Å². The van der Waals surface area contributed by atoms with Crippen molar-refractivity contribution in [2.75, 3.05) is 11.9 Å². The number of imidazole rings is 1. The van der Waals surface area contributed by atoms with Crippen LogP contribution in [0.15, 0.2) is 30.5 Å². The number of fused-ring (bicyclic) bond motifs is 1. The van der Waals surface area contributed by atoms with E-state index in [2.05, 4.69) is 28.3 Å². The number of nitrogens with one attached hydrogen (secondary N) is 2. The molecule has 0 bridgehead atoms. The van der Waals surface area contributed by atoms with E-state index in [1.54, 1.807) is 0 Å². The van der Waals surface area contributed by atoms with Crippen molar-refractivity contribution >= 4 is 22.5 Å². The summed E-state index contributed by atoms with van der Waals surface area (Å²) in [5.41, 5.74) is 4.57. The van der Waals surface area contributed by atoms with E-state index in [1.165, 1.54) is 0 Å². The van der Waals surface area contributed by atoms with E-state index in [4.69, 9.17) is 0 Å². The lowest BCUT2D eigenvalue weighted by Gasteiger charge is -1.97. The highest BCUT2D eigenvalue weighted by Gasteiger charge is 2.12. The quantitative estimate of drug-likeness (QED) is 0.707. The molecule has 5 heteroatoms. The van der Waals surface area contributed by atoms with Crippen LogP contribution in [0, 0.1) is 0 Å². The van der Waals surface area contributed by atoms with Gasteiger partial charge in [-0.05, 0) is 31.2 Å². The molecule has 2 N–H and O–H groups in total. The van der Waals surface area contributed by atoms with E-state index in [1.807, 2.05) is 42.9 Å². The fourth-order valence-electron chi connectivity index (χ4n) is 2.61. The zero-order valence-electron chi connectivity index (χ0n) is 13.1. The molecule has 3 rings (SSSR count). The zero-order chi connectivity index (χ0) is 15.7. The first-order valence-corrected chi connectivity index (χ1v) is 7.56. The Labute approximate surface area is 129 Å². The van der Waals surface area contributed by atoms with Gasteiger partial charge in [-0.1, -0.05) is 6.92 Å². The third-order valence-electron chi connectivity index (χ3n) is 3.75. The first kappa shape index (κ1) is 14.4. The maximum Gasteiger partial charge on any atom is 0.162 e. The average Bonchev–Trinajstić information content (AvgIpc) is 3.09. The van der Waals surface area contributed by atoms with Gasteiger partial charge >= 0.3 is 0 Å². The highest BCUT2D eigenvalue weighted by atomic mass is 16.1. The van der Waals surface area contributed by atoms with E-state index in [0.717, 1.165) is 40.3 Å². The minimum Gasteiger partial charge on any atom is -0.384 e. The molecule has 0 radical (unpaired) electrons. The standard InChI is InChI=1S/C17H20N4O/c1-4-16(22)11-6-7-13-14(8-11)20-17(19-13)15-9-12(18-5-2)10-21(15)3/h6-10,18H,4-5H2,1-3H3,(H,19,20). The summed E-state index contributed by atoms with van der Waals surface area (Å²) in [6.45, 7) is 4.82. The summed E-state index contributed by atoms with van der Waals surface area (Å²) in [5, 5.41) is 3.30. The molecule has 0 saturated heterocycles. The summed E-state index contributed by atoms with van der Waals surface area (Å²) in [7, 11) is 2.00. The molecular formula is C17H20N4O. The molecule has 3 aromatic rings. The number of aromatic nitrogens is 3. The van der Waals surface area contributed by atoms with Crippen LogP contribution in [0.4, 0.5) is 5.69 Å². The summed E-state index contributed by atoms with van der Waals surface area (Å²) >= 11 is 0. The molecule has 2 aromatic heterocycles. The predicted molar refractivity (Wildman–Crippen MR) is 89.3 cm³/mol. The lowest BCUT2D eigenvalue weighted by molar-refractivity contribution is 0.0988. The van der Waals surface area contributed by atoms with Crippen LogP contribution in [0.5, 0.6) is 0 Å². The van der Waals surface area contributed by atoms with E-state index in [0.29, 0.717) is 6.42 Å². The number of hydrogen-bond acceptors (Lipinski definition) is 3. The van der Waals surface area contributed by atoms with Crippen molar-refractivity contribution < 1.29 is 4.79 Å². The van der Waals surface area contributed by atoms with Crippen molar-refractivity contribution in [1.29, 1.82) is 0 Å². The molecule has 0 unspecified atom stereocenters. The Balaban J connectivity index is 2.03. The van der Waals surface area contributed by atoms with E-state index < -0.39 is 0 Å². The van der Waals surface area contributed by atoms with Crippen molar-refractivity contribution in [2.45, 2.75) is 20.3 Å². The Morgan fingerprint density at radius 3 is 2.86 bits per heavy atom. The van der Waals surface area contributed by atoms with Crippen LogP contribution >= 0.6 is 0 Å². The Morgan fingerprint density at radius 2 is 2.14 bits per heavy atom.